The molecule has 0 bridgehead atoms. The smallest absolute Gasteiger partial charge is 0.416 e. The van der Waals surface area contributed by atoms with E-state index < -0.39 is 59.9 Å². The number of hydrogen-bond donors (Lipinski definition) is 4. The summed E-state index contributed by atoms with van der Waals surface area (Å²) < 4.78 is 44.9. The van der Waals surface area contributed by atoms with Gasteiger partial charge in [-0.2, -0.15) is 13.2 Å². The maximum absolute atomic E-state index is 13.2. The van der Waals surface area contributed by atoms with Crippen molar-refractivity contribution in [3.63, 3.8) is 0 Å². The minimum atomic E-state index is -4.73. The molecule has 4 N–H and O–H groups in total. The summed E-state index contributed by atoms with van der Waals surface area (Å²) in [5.74, 6) is -1.72. The second-order valence-electron chi connectivity index (χ2n) is 8.14. The van der Waals surface area contributed by atoms with Gasteiger partial charge in [-0.05, 0) is 37.5 Å². The number of amides is 5. The van der Waals surface area contributed by atoms with E-state index in [0.717, 1.165) is 25.0 Å². The Morgan fingerprint density at radius 3 is 2.46 bits per heavy atom. The molecule has 2 unspecified atom stereocenters. The molecule has 2 fully saturated rings. The maximum Gasteiger partial charge on any atom is 0.416 e. The highest BCUT2D eigenvalue weighted by Crippen LogP contribution is 2.32. The minimum Gasteiger partial charge on any atom is -0.530 e. The average molecular weight is 500 g/mol. The first kappa shape index (κ1) is 26.1. The van der Waals surface area contributed by atoms with Crippen LogP contribution >= 0.6 is 0 Å². The summed E-state index contributed by atoms with van der Waals surface area (Å²) in [4.78, 5) is 49.7. The summed E-state index contributed by atoms with van der Waals surface area (Å²) in [7, 11) is 0. The number of anilines is 1. The lowest BCUT2D eigenvalue weighted by molar-refractivity contribution is -0.252. The predicted molar refractivity (Wildman–Crippen MR) is 113 cm³/mol. The number of benzene rings is 1. The van der Waals surface area contributed by atoms with Crippen molar-refractivity contribution < 1.29 is 42.2 Å². The average Bonchev–Trinajstić information content (AvgIpc) is 3.33. The van der Waals surface area contributed by atoms with Crippen LogP contribution in [-0.2, 0) is 15.7 Å². The molecule has 2 aliphatic rings. The lowest BCUT2D eigenvalue weighted by Crippen LogP contribution is -2.59. The van der Waals surface area contributed by atoms with Gasteiger partial charge >= 0.3 is 12.2 Å². The number of hydrogen-bond acceptors (Lipinski definition) is 6. The second kappa shape index (κ2) is 11.3. The number of ether oxygens (including phenoxy) is 1. The third-order valence-corrected chi connectivity index (χ3v) is 5.64. The van der Waals surface area contributed by atoms with Gasteiger partial charge in [0.15, 0.2) is 0 Å². The number of nitrogens with zero attached hydrogens (tertiary/aromatic N) is 1. The standard InChI is InChI=1S/C21H26F3N5O6/c22-21(23,24)12-3-4-14(27-19(32)29-6-1-2-7-29)13(9-12)18(31)25-10-17(30)26-16-11-35-8-5-15(16)28-20(33)34/h3-4,9,15-16,28H,1-2,5-8,10-11H2,(H,25,31)(H,26,30)(H,27,32)(H,33,34)/p-1. The van der Waals surface area contributed by atoms with E-state index in [0.29, 0.717) is 19.2 Å². The molecule has 3 rings (SSSR count). The highest BCUT2D eigenvalue weighted by Gasteiger charge is 2.32. The molecule has 0 radical (unpaired) electrons. The molecule has 0 aliphatic carbocycles. The van der Waals surface area contributed by atoms with Crippen molar-refractivity contribution >= 4 is 29.6 Å². The Labute approximate surface area is 198 Å². The van der Waals surface area contributed by atoms with Crippen LogP contribution in [0.4, 0.5) is 28.4 Å². The van der Waals surface area contributed by atoms with Crippen molar-refractivity contribution in [3.05, 3.63) is 29.3 Å². The van der Waals surface area contributed by atoms with Gasteiger partial charge < -0.3 is 40.8 Å². The first-order valence-corrected chi connectivity index (χ1v) is 10.9. The molecular formula is C21H25F3N5O6-. The van der Waals surface area contributed by atoms with Gasteiger partial charge in [0.2, 0.25) is 5.91 Å². The van der Waals surface area contributed by atoms with Crippen molar-refractivity contribution in [2.45, 2.75) is 37.5 Å². The summed E-state index contributed by atoms with van der Waals surface area (Å²) in [6.07, 6.45) is -4.36. The van der Waals surface area contributed by atoms with Crippen molar-refractivity contribution in [2.75, 3.05) is 38.2 Å². The third-order valence-electron chi connectivity index (χ3n) is 5.64. The number of halogens is 3. The molecule has 0 saturated carbocycles. The molecule has 192 valence electrons. The summed E-state index contributed by atoms with van der Waals surface area (Å²) in [6, 6.07) is 0.400. The van der Waals surface area contributed by atoms with Gasteiger partial charge in [0, 0.05) is 19.7 Å². The van der Waals surface area contributed by atoms with E-state index in [1.807, 2.05) is 0 Å². The molecule has 1 aromatic carbocycles. The zero-order valence-electron chi connectivity index (χ0n) is 18.6. The molecule has 11 nitrogen and oxygen atoms in total. The SMILES string of the molecule is O=C([O-])NC1CCOCC1NC(=O)CNC(=O)c1cc(C(F)(F)F)ccc1NC(=O)N1CCCC1. The third kappa shape index (κ3) is 7.21. The lowest BCUT2D eigenvalue weighted by Gasteiger charge is -2.33. The molecule has 0 aromatic heterocycles. The molecule has 1 aromatic rings. The summed E-state index contributed by atoms with van der Waals surface area (Å²) in [6.45, 7) is 0.670. The first-order valence-electron chi connectivity index (χ1n) is 10.9. The number of nitrogens with one attached hydrogen (secondary N) is 4. The quantitative estimate of drug-likeness (QED) is 0.440. The van der Waals surface area contributed by atoms with Gasteiger partial charge in [0.1, 0.15) is 6.09 Å². The normalized spacial score (nSPS) is 20.1. The number of alkyl halides is 3. The number of carboxylic acid groups (broad SMARTS) is 1. The van der Waals surface area contributed by atoms with Gasteiger partial charge in [-0.1, -0.05) is 0 Å². The van der Waals surface area contributed by atoms with Gasteiger partial charge in [-0.15, -0.1) is 0 Å². The molecule has 35 heavy (non-hydrogen) atoms. The largest absolute Gasteiger partial charge is 0.530 e. The lowest BCUT2D eigenvalue weighted by atomic mass is 10.0. The molecule has 2 aliphatic heterocycles. The monoisotopic (exact) mass is 500 g/mol. The molecule has 14 heteroatoms. The van der Waals surface area contributed by atoms with Crippen LogP contribution in [-0.4, -0.2) is 73.8 Å². The van der Waals surface area contributed by atoms with Crippen molar-refractivity contribution in [1.29, 1.82) is 0 Å². The van der Waals surface area contributed by atoms with Crippen LogP contribution < -0.4 is 26.4 Å². The van der Waals surface area contributed by atoms with Gasteiger partial charge in [-0.3, -0.25) is 9.59 Å². The Hall–Kier alpha value is -3.55. The van der Waals surface area contributed by atoms with E-state index in [1.165, 1.54) is 4.90 Å². The molecule has 2 heterocycles. The minimum absolute atomic E-state index is 0.0188. The zero-order chi connectivity index (χ0) is 25.6. The Morgan fingerprint density at radius 1 is 1.09 bits per heavy atom. The summed E-state index contributed by atoms with van der Waals surface area (Å²) in [5.41, 5.74) is -1.69. The van der Waals surface area contributed by atoms with Crippen molar-refractivity contribution in [2.24, 2.45) is 0 Å². The number of likely N-dealkylation sites (tertiary alicyclic amines) is 1. The Kier molecular flexibility index (Phi) is 8.38. The van der Waals surface area contributed by atoms with Gasteiger partial charge in [0.05, 0.1) is 42.0 Å². The fraction of sp³-hybridized carbons (Fsp3) is 0.524. The van der Waals surface area contributed by atoms with Gasteiger partial charge in [0.25, 0.3) is 5.91 Å². The van der Waals surface area contributed by atoms with E-state index >= 15 is 0 Å². The van der Waals surface area contributed by atoms with E-state index in [2.05, 4.69) is 21.3 Å². The summed E-state index contributed by atoms with van der Waals surface area (Å²) in [5, 5.41) is 20.2. The molecule has 5 amide bonds. The Morgan fingerprint density at radius 2 is 1.80 bits per heavy atom. The van der Waals surface area contributed by atoms with Crippen LogP contribution in [0.15, 0.2) is 18.2 Å². The molecule has 2 atom stereocenters. The maximum atomic E-state index is 13.2. The number of carbonyl (C=O) groups excluding carboxylic acids is 4. The van der Waals surface area contributed by atoms with Crippen LogP contribution in [0.3, 0.4) is 0 Å². The Balaban J connectivity index is 1.67. The fourth-order valence-corrected chi connectivity index (χ4v) is 3.85. The molecule has 2 saturated heterocycles. The van der Waals surface area contributed by atoms with Crippen LogP contribution in [0.5, 0.6) is 0 Å². The van der Waals surface area contributed by atoms with Crippen LogP contribution in [0, 0.1) is 0 Å². The van der Waals surface area contributed by atoms with E-state index in [-0.39, 0.29) is 25.3 Å². The van der Waals surface area contributed by atoms with Crippen molar-refractivity contribution in [1.82, 2.24) is 20.9 Å². The van der Waals surface area contributed by atoms with Crippen LogP contribution in [0.25, 0.3) is 0 Å². The van der Waals surface area contributed by atoms with E-state index in [1.54, 1.807) is 0 Å². The number of carbonyl (C=O) groups is 4. The van der Waals surface area contributed by atoms with E-state index in [9.17, 15) is 37.5 Å². The predicted octanol–water partition coefficient (Wildman–Crippen LogP) is 0.270. The molecule has 0 spiro atoms. The first-order chi connectivity index (χ1) is 16.5. The van der Waals surface area contributed by atoms with Gasteiger partial charge in [-0.25, -0.2) is 4.79 Å². The topological polar surface area (TPSA) is 152 Å². The zero-order valence-corrected chi connectivity index (χ0v) is 18.6. The van der Waals surface area contributed by atoms with Crippen LogP contribution in [0.2, 0.25) is 0 Å². The highest BCUT2D eigenvalue weighted by atomic mass is 19.4. The number of rotatable bonds is 6. The number of urea groups is 1. The fourth-order valence-electron chi connectivity index (χ4n) is 3.85. The highest BCUT2D eigenvalue weighted by molar-refractivity contribution is 6.04. The van der Waals surface area contributed by atoms with Crippen LogP contribution in [0.1, 0.15) is 35.2 Å². The van der Waals surface area contributed by atoms with E-state index in [4.69, 9.17) is 4.74 Å². The Bertz CT molecular complexity index is 967. The second-order valence-corrected chi connectivity index (χ2v) is 8.14. The summed E-state index contributed by atoms with van der Waals surface area (Å²) >= 11 is 0. The van der Waals surface area contributed by atoms with Crippen molar-refractivity contribution in [3.8, 4) is 0 Å². The molecular weight excluding hydrogens is 475 g/mol.